The number of para-hydroxylation sites is 1. The minimum atomic E-state index is -0.830. The lowest BCUT2D eigenvalue weighted by Gasteiger charge is -2.41. The molecule has 284 valence electrons. The first-order valence-corrected chi connectivity index (χ1v) is 17.7. The van der Waals surface area contributed by atoms with Crippen LogP contribution in [0.2, 0.25) is 0 Å². The fourth-order valence-corrected chi connectivity index (χ4v) is 6.35. The number of pyridine rings is 1. The topological polar surface area (TPSA) is 128 Å². The van der Waals surface area contributed by atoms with Gasteiger partial charge in [0, 0.05) is 44.0 Å². The Morgan fingerprint density at radius 1 is 1.02 bits per heavy atom. The zero-order chi connectivity index (χ0) is 38.6. The molecule has 1 atom stereocenters. The number of hydrogen-bond donors (Lipinski definition) is 1. The molecule has 0 radical (unpaired) electrons. The van der Waals surface area contributed by atoms with E-state index < -0.39 is 29.0 Å². The number of carbonyl (C=O) groups is 2. The van der Waals surface area contributed by atoms with Crippen LogP contribution in [0.4, 0.5) is 25.1 Å². The summed E-state index contributed by atoms with van der Waals surface area (Å²) < 4.78 is 49.3. The van der Waals surface area contributed by atoms with Gasteiger partial charge in [-0.1, -0.05) is 32.0 Å². The van der Waals surface area contributed by atoms with E-state index in [9.17, 15) is 14.4 Å². The number of amides is 2. The van der Waals surface area contributed by atoms with Crippen molar-refractivity contribution in [1.82, 2.24) is 19.4 Å². The van der Waals surface area contributed by atoms with E-state index in [2.05, 4.69) is 15.3 Å². The van der Waals surface area contributed by atoms with Crippen LogP contribution in [0.5, 0.6) is 0 Å². The average molecular weight is 735 g/mol. The number of aryl methyl sites for hydroxylation is 1. The van der Waals surface area contributed by atoms with Crippen LogP contribution in [0.25, 0.3) is 28.0 Å². The fraction of sp³-hybridized carbons (Fsp3) is 0.462. The molecule has 2 aromatic carbocycles. The molecule has 0 spiro atoms. The number of halogens is 2. The highest BCUT2D eigenvalue weighted by Gasteiger charge is 2.33. The third-order valence-electron chi connectivity index (χ3n) is 8.88. The van der Waals surface area contributed by atoms with E-state index in [0.717, 1.165) is 17.2 Å². The molecule has 0 bridgehead atoms. The lowest BCUT2D eigenvalue weighted by molar-refractivity contribution is -0.117. The summed E-state index contributed by atoms with van der Waals surface area (Å²) in [4.78, 5) is 52.2. The van der Waals surface area contributed by atoms with Crippen molar-refractivity contribution in [2.24, 2.45) is 0 Å². The lowest BCUT2D eigenvalue weighted by Crippen LogP contribution is -2.55. The SMILES string of the molecule is COCCOCCC(=O)Nc1ccc(-c2nc3c(cc2F)c(N2CCN(C(=O)OC(C)(C)C)C[C@@H]2C)nc(=O)n3-c2c(C)cccc2C(C)C)c(F)c1. The maximum Gasteiger partial charge on any atom is 0.410 e. The minimum Gasteiger partial charge on any atom is -0.444 e. The van der Waals surface area contributed by atoms with Crippen LogP contribution in [0.15, 0.2) is 47.3 Å². The van der Waals surface area contributed by atoms with E-state index in [1.54, 1.807) is 32.8 Å². The van der Waals surface area contributed by atoms with Gasteiger partial charge >= 0.3 is 11.8 Å². The molecule has 2 amide bonds. The maximum absolute atomic E-state index is 16.3. The first kappa shape index (κ1) is 39.3. The van der Waals surface area contributed by atoms with Gasteiger partial charge in [0.15, 0.2) is 5.65 Å². The number of benzene rings is 2. The number of aromatic nitrogens is 3. The van der Waals surface area contributed by atoms with Gasteiger partial charge in [-0.3, -0.25) is 4.79 Å². The van der Waals surface area contributed by atoms with E-state index in [1.165, 1.54) is 22.8 Å². The standard InChI is InChI=1S/C39H48F2N6O6/c1-23(2)27-11-9-10-24(3)34(27)47-36-29(35(44-37(47)49)46-16-15-45(22-25(46)4)38(50)53-39(5,6)7)21-31(41)33(43-36)28-13-12-26(20-30(28)40)42-32(48)14-17-52-19-18-51-8/h9-13,20-21,23,25H,14-19,22H2,1-8H3,(H,42,48)/t25-/m0/s1. The van der Waals surface area contributed by atoms with Gasteiger partial charge in [-0.2, -0.15) is 4.98 Å². The van der Waals surface area contributed by atoms with Crippen LogP contribution in [0, 0.1) is 18.6 Å². The van der Waals surface area contributed by atoms with Crippen LogP contribution in [-0.4, -0.2) is 89.6 Å². The molecule has 0 unspecified atom stereocenters. The number of ether oxygens (including phenoxy) is 3. The molecule has 1 aliphatic rings. The van der Waals surface area contributed by atoms with E-state index >= 15 is 8.78 Å². The highest BCUT2D eigenvalue weighted by Crippen LogP contribution is 2.35. The number of nitrogens with zero attached hydrogens (tertiary/aromatic N) is 5. The van der Waals surface area contributed by atoms with Crippen LogP contribution in [0.3, 0.4) is 0 Å². The normalized spacial score (nSPS) is 15.0. The van der Waals surface area contributed by atoms with Gasteiger partial charge in [-0.05, 0) is 75.9 Å². The number of rotatable bonds is 11. The molecule has 3 heterocycles. The van der Waals surface area contributed by atoms with Crippen molar-refractivity contribution < 1.29 is 32.6 Å². The summed E-state index contributed by atoms with van der Waals surface area (Å²) in [5.41, 5.74) is 0.691. The number of nitrogens with one attached hydrogen (secondary N) is 1. The highest BCUT2D eigenvalue weighted by molar-refractivity contribution is 5.92. The van der Waals surface area contributed by atoms with Crippen molar-refractivity contribution in [1.29, 1.82) is 0 Å². The molecular formula is C39H48F2N6O6. The van der Waals surface area contributed by atoms with Crippen LogP contribution in [0.1, 0.15) is 65.0 Å². The number of hydrogen-bond acceptors (Lipinski definition) is 9. The zero-order valence-corrected chi connectivity index (χ0v) is 31.6. The van der Waals surface area contributed by atoms with Crippen molar-refractivity contribution in [3.05, 3.63) is 75.7 Å². The second-order valence-corrected chi connectivity index (χ2v) is 14.5. The minimum absolute atomic E-state index is 0.00418. The Kier molecular flexibility index (Phi) is 12.1. The van der Waals surface area contributed by atoms with Gasteiger partial charge in [0.1, 0.15) is 28.7 Å². The third kappa shape index (κ3) is 8.99. The molecule has 1 fully saturated rings. The monoisotopic (exact) mass is 734 g/mol. The van der Waals surface area contributed by atoms with Crippen molar-refractivity contribution in [3.8, 4) is 16.9 Å². The Hall–Kier alpha value is -4.95. The molecule has 1 N–H and O–H groups in total. The van der Waals surface area contributed by atoms with E-state index in [-0.39, 0.29) is 84.3 Å². The predicted octanol–water partition coefficient (Wildman–Crippen LogP) is 6.59. The number of piperazine rings is 1. The maximum atomic E-state index is 16.3. The van der Waals surface area contributed by atoms with Gasteiger partial charge in [0.05, 0.1) is 37.3 Å². The number of carbonyl (C=O) groups excluding carboxylic acids is 2. The number of anilines is 2. The molecule has 4 aromatic rings. The molecular weight excluding hydrogens is 686 g/mol. The Bertz CT molecular complexity index is 2050. The fourth-order valence-electron chi connectivity index (χ4n) is 6.35. The summed E-state index contributed by atoms with van der Waals surface area (Å²) in [7, 11) is 1.55. The van der Waals surface area contributed by atoms with E-state index in [4.69, 9.17) is 14.2 Å². The first-order valence-electron chi connectivity index (χ1n) is 17.7. The quantitative estimate of drug-likeness (QED) is 0.170. The predicted molar refractivity (Wildman–Crippen MR) is 200 cm³/mol. The summed E-state index contributed by atoms with van der Waals surface area (Å²) in [6.45, 7) is 14.9. The summed E-state index contributed by atoms with van der Waals surface area (Å²) in [5.74, 6) is -1.82. The molecule has 0 saturated carbocycles. The Balaban J connectivity index is 1.59. The smallest absolute Gasteiger partial charge is 0.410 e. The molecule has 53 heavy (non-hydrogen) atoms. The Morgan fingerprint density at radius 3 is 2.43 bits per heavy atom. The van der Waals surface area contributed by atoms with Crippen molar-refractivity contribution >= 4 is 34.5 Å². The van der Waals surface area contributed by atoms with Gasteiger partial charge in [-0.15, -0.1) is 0 Å². The first-order chi connectivity index (χ1) is 25.1. The van der Waals surface area contributed by atoms with E-state index in [1.807, 2.05) is 50.8 Å². The van der Waals surface area contributed by atoms with Gasteiger partial charge < -0.3 is 29.3 Å². The second kappa shape index (κ2) is 16.4. The Labute approximate surface area is 308 Å². The Morgan fingerprint density at radius 2 is 1.77 bits per heavy atom. The number of methoxy groups -OCH3 is 1. The molecule has 1 saturated heterocycles. The molecule has 12 nitrogen and oxygen atoms in total. The summed E-state index contributed by atoms with van der Waals surface area (Å²) in [6.07, 6.45) is -0.400. The lowest BCUT2D eigenvalue weighted by atomic mass is 9.98. The molecule has 5 rings (SSSR count). The van der Waals surface area contributed by atoms with E-state index in [0.29, 0.717) is 18.9 Å². The van der Waals surface area contributed by atoms with Crippen LogP contribution < -0.4 is 15.9 Å². The molecule has 14 heteroatoms. The van der Waals surface area contributed by atoms with Crippen molar-refractivity contribution in [2.45, 2.75) is 72.4 Å². The number of fused-ring (bicyclic) bond motifs is 1. The largest absolute Gasteiger partial charge is 0.444 e. The summed E-state index contributed by atoms with van der Waals surface area (Å²) in [6, 6.07) is 10.5. The van der Waals surface area contributed by atoms with Crippen molar-refractivity contribution in [3.63, 3.8) is 0 Å². The summed E-state index contributed by atoms with van der Waals surface area (Å²) in [5, 5.41) is 2.88. The second-order valence-electron chi connectivity index (χ2n) is 14.5. The van der Waals surface area contributed by atoms with Gasteiger partial charge in [-0.25, -0.2) is 27.9 Å². The highest BCUT2D eigenvalue weighted by atomic mass is 19.1. The average Bonchev–Trinajstić information content (AvgIpc) is 3.07. The summed E-state index contributed by atoms with van der Waals surface area (Å²) >= 11 is 0. The van der Waals surface area contributed by atoms with Crippen molar-refractivity contribution in [2.75, 3.05) is 56.8 Å². The third-order valence-corrected chi connectivity index (χ3v) is 8.88. The van der Waals surface area contributed by atoms with Gasteiger partial charge in [0.25, 0.3) is 0 Å². The molecule has 1 aliphatic heterocycles. The van der Waals surface area contributed by atoms with Gasteiger partial charge in [0.2, 0.25) is 5.91 Å². The van der Waals surface area contributed by atoms with Crippen LogP contribution >= 0.6 is 0 Å². The molecule has 0 aliphatic carbocycles. The van der Waals surface area contributed by atoms with Crippen LogP contribution in [-0.2, 0) is 19.0 Å². The molecule has 2 aromatic heterocycles. The zero-order valence-electron chi connectivity index (χ0n) is 31.6.